The van der Waals surface area contributed by atoms with Crippen LogP contribution in [0.2, 0.25) is 10.0 Å². The van der Waals surface area contributed by atoms with Gasteiger partial charge in [0.25, 0.3) is 5.91 Å². The van der Waals surface area contributed by atoms with Gasteiger partial charge in [0.1, 0.15) is 11.6 Å². The van der Waals surface area contributed by atoms with Gasteiger partial charge in [-0.1, -0.05) is 35.3 Å². The van der Waals surface area contributed by atoms with Crippen LogP contribution in [0.15, 0.2) is 42.5 Å². The van der Waals surface area contributed by atoms with Crippen molar-refractivity contribution in [2.24, 2.45) is 0 Å². The molecule has 138 valence electrons. The van der Waals surface area contributed by atoms with E-state index >= 15 is 0 Å². The summed E-state index contributed by atoms with van der Waals surface area (Å²) in [5.41, 5.74) is 0.721. The fraction of sp³-hybridized carbons (Fsp3) is 0.222. The molecule has 26 heavy (non-hydrogen) atoms. The third-order valence-electron chi connectivity index (χ3n) is 3.30. The Labute approximate surface area is 160 Å². The van der Waals surface area contributed by atoms with Gasteiger partial charge < -0.3 is 14.8 Å². The maximum Gasteiger partial charge on any atom is 0.344 e. The summed E-state index contributed by atoms with van der Waals surface area (Å²) < 4.78 is 23.1. The van der Waals surface area contributed by atoms with E-state index < -0.39 is 24.6 Å². The first-order valence-corrected chi connectivity index (χ1v) is 8.40. The van der Waals surface area contributed by atoms with Gasteiger partial charge in [-0.25, -0.2) is 9.18 Å². The van der Waals surface area contributed by atoms with Crippen LogP contribution in [0.4, 0.5) is 4.39 Å². The number of rotatable bonds is 7. The van der Waals surface area contributed by atoms with Gasteiger partial charge in [0, 0.05) is 11.6 Å². The zero-order valence-electron chi connectivity index (χ0n) is 13.8. The molecular formula is C18H16Cl2FNO4. The molecule has 0 fully saturated rings. The number of carbonyl (C=O) groups excluding carboxylic acids is 2. The molecule has 0 saturated heterocycles. The summed E-state index contributed by atoms with van der Waals surface area (Å²) in [5.74, 6) is -1.28. The molecule has 8 heteroatoms. The smallest absolute Gasteiger partial charge is 0.344 e. The summed E-state index contributed by atoms with van der Waals surface area (Å²) in [7, 11) is 0. The number of carbonyl (C=O) groups is 2. The van der Waals surface area contributed by atoms with Crippen LogP contribution in [0.5, 0.6) is 5.75 Å². The Morgan fingerprint density at radius 3 is 2.50 bits per heavy atom. The molecule has 2 aromatic rings. The fourth-order valence-electron chi connectivity index (χ4n) is 1.95. The van der Waals surface area contributed by atoms with Crippen LogP contribution in [0, 0.1) is 5.82 Å². The number of nitrogens with one attached hydrogen (secondary N) is 1. The lowest BCUT2D eigenvalue weighted by molar-refractivity contribution is -0.156. The Morgan fingerprint density at radius 1 is 1.15 bits per heavy atom. The number of hydrogen-bond acceptors (Lipinski definition) is 4. The maximum atomic E-state index is 12.8. The maximum absolute atomic E-state index is 12.8. The third-order valence-corrected chi connectivity index (χ3v) is 3.83. The largest absolute Gasteiger partial charge is 0.480 e. The SMILES string of the molecule is CC(OC(=O)COc1ccc(Cl)cc1Cl)C(=O)NCc1ccc(F)cc1. The standard InChI is InChI=1S/C18H16Cl2FNO4/c1-11(18(24)22-9-12-2-5-14(21)6-3-12)26-17(23)10-25-16-7-4-13(19)8-15(16)20/h2-8,11H,9-10H2,1H3,(H,22,24). The van der Waals surface area contributed by atoms with Crippen molar-refractivity contribution in [3.63, 3.8) is 0 Å². The normalized spacial score (nSPS) is 11.5. The molecule has 1 unspecified atom stereocenters. The molecule has 0 aliphatic rings. The highest BCUT2D eigenvalue weighted by Gasteiger charge is 2.18. The van der Waals surface area contributed by atoms with Crippen LogP contribution in [0.3, 0.4) is 0 Å². The number of ether oxygens (including phenoxy) is 2. The number of halogens is 3. The van der Waals surface area contributed by atoms with E-state index in [4.69, 9.17) is 32.7 Å². The van der Waals surface area contributed by atoms with Crippen LogP contribution in [0.1, 0.15) is 12.5 Å². The van der Waals surface area contributed by atoms with Crippen LogP contribution in [0.25, 0.3) is 0 Å². The van der Waals surface area contributed by atoms with Crippen molar-refractivity contribution < 1.29 is 23.5 Å². The molecule has 1 atom stereocenters. The first kappa shape index (κ1) is 20.0. The van der Waals surface area contributed by atoms with Crippen molar-refractivity contribution in [2.45, 2.75) is 19.6 Å². The Hall–Kier alpha value is -2.31. The Morgan fingerprint density at radius 2 is 1.85 bits per heavy atom. The van der Waals surface area contributed by atoms with Gasteiger partial charge in [0.2, 0.25) is 0 Å². The molecule has 1 amide bonds. The molecular weight excluding hydrogens is 384 g/mol. The second kappa shape index (κ2) is 9.40. The zero-order valence-corrected chi connectivity index (χ0v) is 15.3. The minimum absolute atomic E-state index is 0.192. The molecule has 2 rings (SSSR count). The second-order valence-electron chi connectivity index (χ2n) is 5.34. The van der Waals surface area contributed by atoms with Crippen molar-refractivity contribution in [2.75, 3.05) is 6.61 Å². The zero-order chi connectivity index (χ0) is 19.1. The van der Waals surface area contributed by atoms with Gasteiger partial charge in [0.15, 0.2) is 12.7 Å². The van der Waals surface area contributed by atoms with Crippen molar-refractivity contribution in [1.29, 1.82) is 0 Å². The van der Waals surface area contributed by atoms with E-state index in [0.29, 0.717) is 5.02 Å². The lowest BCUT2D eigenvalue weighted by Crippen LogP contribution is -2.36. The second-order valence-corrected chi connectivity index (χ2v) is 6.18. The molecule has 0 aliphatic carbocycles. The lowest BCUT2D eigenvalue weighted by Gasteiger charge is -2.14. The highest BCUT2D eigenvalue weighted by atomic mass is 35.5. The monoisotopic (exact) mass is 399 g/mol. The first-order valence-electron chi connectivity index (χ1n) is 7.64. The molecule has 0 bridgehead atoms. The molecule has 0 aromatic heterocycles. The van der Waals surface area contributed by atoms with Gasteiger partial charge in [-0.2, -0.15) is 0 Å². The average Bonchev–Trinajstić information content (AvgIpc) is 2.60. The third kappa shape index (κ3) is 6.20. The first-order chi connectivity index (χ1) is 12.3. The van der Waals surface area contributed by atoms with Crippen LogP contribution in [-0.2, 0) is 20.9 Å². The van der Waals surface area contributed by atoms with Gasteiger partial charge in [-0.05, 0) is 42.8 Å². The van der Waals surface area contributed by atoms with Crippen LogP contribution in [-0.4, -0.2) is 24.6 Å². The van der Waals surface area contributed by atoms with E-state index in [2.05, 4.69) is 5.32 Å². The lowest BCUT2D eigenvalue weighted by atomic mass is 10.2. The number of benzene rings is 2. The molecule has 0 radical (unpaired) electrons. The van der Waals surface area contributed by atoms with E-state index in [0.717, 1.165) is 5.56 Å². The van der Waals surface area contributed by atoms with Gasteiger partial charge in [-0.15, -0.1) is 0 Å². The minimum Gasteiger partial charge on any atom is -0.480 e. The predicted molar refractivity (Wildman–Crippen MR) is 95.8 cm³/mol. The van der Waals surface area contributed by atoms with Gasteiger partial charge in [-0.3, -0.25) is 4.79 Å². The summed E-state index contributed by atoms with van der Waals surface area (Å²) in [6.07, 6.45) is -1.01. The highest BCUT2D eigenvalue weighted by Crippen LogP contribution is 2.27. The van der Waals surface area contributed by atoms with E-state index in [1.54, 1.807) is 18.2 Å². The molecule has 0 spiro atoms. The number of amides is 1. The Bertz CT molecular complexity index is 783. The molecule has 1 N–H and O–H groups in total. The topological polar surface area (TPSA) is 64.6 Å². The molecule has 0 heterocycles. The number of hydrogen-bond donors (Lipinski definition) is 1. The van der Waals surface area contributed by atoms with E-state index in [1.807, 2.05) is 0 Å². The van der Waals surface area contributed by atoms with Gasteiger partial charge >= 0.3 is 5.97 Å². The predicted octanol–water partition coefficient (Wildman–Crippen LogP) is 3.76. The number of esters is 1. The minimum atomic E-state index is -1.01. The molecule has 0 saturated carbocycles. The average molecular weight is 400 g/mol. The van der Waals surface area contributed by atoms with Crippen LogP contribution < -0.4 is 10.1 Å². The van der Waals surface area contributed by atoms with Crippen molar-refractivity contribution in [1.82, 2.24) is 5.32 Å². The summed E-state index contributed by atoms with van der Waals surface area (Å²) in [6, 6.07) is 10.3. The van der Waals surface area contributed by atoms with Crippen LogP contribution >= 0.6 is 23.2 Å². The quantitative estimate of drug-likeness (QED) is 0.719. The van der Waals surface area contributed by atoms with Gasteiger partial charge in [0.05, 0.1) is 5.02 Å². The van der Waals surface area contributed by atoms with Crippen molar-refractivity contribution in [3.05, 3.63) is 63.9 Å². The molecule has 2 aromatic carbocycles. The summed E-state index contributed by atoms with van der Waals surface area (Å²) in [6.45, 7) is 1.22. The van der Waals surface area contributed by atoms with E-state index in [1.165, 1.54) is 31.2 Å². The summed E-state index contributed by atoms with van der Waals surface area (Å²) in [5, 5.41) is 3.30. The summed E-state index contributed by atoms with van der Waals surface area (Å²) >= 11 is 11.7. The van der Waals surface area contributed by atoms with Crippen molar-refractivity contribution in [3.8, 4) is 5.75 Å². The highest BCUT2D eigenvalue weighted by molar-refractivity contribution is 6.35. The Kier molecular flexibility index (Phi) is 7.24. The Balaban J connectivity index is 1.76. The molecule has 0 aliphatic heterocycles. The summed E-state index contributed by atoms with van der Waals surface area (Å²) in [4.78, 5) is 23.7. The van der Waals surface area contributed by atoms with Crippen molar-refractivity contribution >= 4 is 35.1 Å². The van der Waals surface area contributed by atoms with E-state index in [9.17, 15) is 14.0 Å². The van der Waals surface area contributed by atoms with E-state index in [-0.39, 0.29) is 23.1 Å². The fourth-order valence-corrected chi connectivity index (χ4v) is 2.41. The molecule has 5 nitrogen and oxygen atoms in total.